The molecule has 0 unspecified atom stereocenters. The minimum Gasteiger partial charge on any atom is -0.492 e. The van der Waals surface area contributed by atoms with Gasteiger partial charge in [0.15, 0.2) is 11.7 Å². The van der Waals surface area contributed by atoms with Gasteiger partial charge in [0.05, 0.1) is 29.0 Å². The van der Waals surface area contributed by atoms with Crippen LogP contribution < -0.4 is 20.1 Å². The summed E-state index contributed by atoms with van der Waals surface area (Å²) in [4.78, 5) is 10.3. The first kappa shape index (κ1) is 21.2. The lowest BCUT2D eigenvalue weighted by Crippen LogP contribution is -2.21. The van der Waals surface area contributed by atoms with Crippen LogP contribution in [0.5, 0.6) is 11.5 Å². The van der Waals surface area contributed by atoms with Crippen LogP contribution in [0, 0.1) is 10.1 Å². The molecule has 2 aromatic carbocycles. The molecule has 150 valence electrons. The van der Waals surface area contributed by atoms with Crippen molar-refractivity contribution in [2.45, 2.75) is 13.1 Å². The monoisotopic (exact) mass is 415 g/mol. The minimum absolute atomic E-state index is 0.0643. The largest absolute Gasteiger partial charge is 0.492 e. The number of nitrogens with one attached hydrogen (secondary N) is 2. The van der Waals surface area contributed by atoms with E-state index in [1.807, 2.05) is 6.92 Å². The number of ether oxygens (including phenoxy) is 2. The Balaban J connectivity index is 2.16. The Hall–Kier alpha value is -3.08. The molecule has 0 saturated heterocycles. The molecule has 0 spiro atoms. The summed E-state index contributed by atoms with van der Waals surface area (Å²) in [6.45, 7) is 0.681. The van der Waals surface area contributed by atoms with Crippen LogP contribution in [-0.2, 0) is 0 Å². The van der Waals surface area contributed by atoms with Crippen molar-refractivity contribution in [3.05, 3.63) is 52.6 Å². The number of thiocarbonyl (C=S) groups is 1. The fourth-order valence-corrected chi connectivity index (χ4v) is 2.37. The van der Waals surface area contributed by atoms with Crippen molar-refractivity contribution < 1.29 is 27.6 Å². The van der Waals surface area contributed by atoms with E-state index >= 15 is 0 Å². The molecule has 2 rings (SSSR count). The van der Waals surface area contributed by atoms with Crippen LogP contribution in [0.2, 0.25) is 0 Å². The van der Waals surface area contributed by atoms with Crippen LogP contribution in [0.1, 0.15) is 6.92 Å². The molecule has 0 fully saturated rings. The van der Waals surface area contributed by atoms with Crippen molar-refractivity contribution in [1.82, 2.24) is 0 Å². The van der Waals surface area contributed by atoms with E-state index in [-0.39, 0.29) is 16.5 Å². The van der Waals surface area contributed by atoms with E-state index in [0.29, 0.717) is 18.0 Å². The predicted octanol–water partition coefficient (Wildman–Crippen LogP) is 4.74. The van der Waals surface area contributed by atoms with E-state index in [0.717, 1.165) is 12.1 Å². The van der Waals surface area contributed by atoms with E-state index in [2.05, 4.69) is 15.4 Å². The molecule has 7 nitrogen and oxygen atoms in total. The number of para-hydroxylation sites is 2. The number of nitro groups is 1. The molecule has 0 aromatic heterocycles. The molecule has 0 amide bonds. The Morgan fingerprint density at radius 1 is 1.18 bits per heavy atom. The zero-order chi connectivity index (χ0) is 20.7. The molecular weight excluding hydrogens is 399 g/mol. The lowest BCUT2D eigenvalue weighted by Gasteiger charge is -2.15. The number of hydrogen-bond donors (Lipinski definition) is 2. The SMILES string of the molecule is CCOc1ccccc1NC(=S)Nc1cc(OCC(F)(F)F)cc([N+](=O)[O-])c1. The van der Waals surface area contributed by atoms with Gasteiger partial charge in [-0.2, -0.15) is 13.2 Å². The average molecular weight is 415 g/mol. The third-order valence-corrected chi connectivity index (χ3v) is 3.40. The second-order valence-electron chi connectivity index (χ2n) is 5.38. The van der Waals surface area contributed by atoms with Gasteiger partial charge in [0.2, 0.25) is 0 Å². The number of non-ortho nitro benzene ring substituents is 1. The highest BCUT2D eigenvalue weighted by Crippen LogP contribution is 2.28. The third kappa shape index (κ3) is 6.58. The maximum Gasteiger partial charge on any atom is 0.422 e. The van der Waals surface area contributed by atoms with E-state index in [9.17, 15) is 23.3 Å². The first-order valence-electron chi connectivity index (χ1n) is 7.97. The Morgan fingerprint density at radius 2 is 1.89 bits per heavy atom. The lowest BCUT2D eigenvalue weighted by molar-refractivity contribution is -0.384. The van der Waals surface area contributed by atoms with Crippen LogP contribution in [0.3, 0.4) is 0 Å². The normalized spacial score (nSPS) is 10.9. The number of benzene rings is 2. The van der Waals surface area contributed by atoms with Crippen molar-refractivity contribution in [3.63, 3.8) is 0 Å². The number of alkyl halides is 3. The van der Waals surface area contributed by atoms with E-state index in [1.54, 1.807) is 24.3 Å². The third-order valence-electron chi connectivity index (χ3n) is 3.20. The van der Waals surface area contributed by atoms with Crippen LogP contribution in [0.15, 0.2) is 42.5 Å². The minimum atomic E-state index is -4.57. The molecule has 0 heterocycles. The molecule has 0 aliphatic carbocycles. The van der Waals surface area contributed by atoms with Gasteiger partial charge in [-0.15, -0.1) is 0 Å². The van der Waals surface area contributed by atoms with Crippen molar-refractivity contribution in [3.8, 4) is 11.5 Å². The summed E-state index contributed by atoms with van der Waals surface area (Å²) < 4.78 is 47.1. The Kier molecular flexibility index (Phi) is 6.99. The van der Waals surface area contributed by atoms with Crippen LogP contribution in [-0.4, -0.2) is 29.4 Å². The molecule has 11 heteroatoms. The highest BCUT2D eigenvalue weighted by Gasteiger charge is 2.28. The topological polar surface area (TPSA) is 85.7 Å². The van der Waals surface area contributed by atoms with Gasteiger partial charge in [-0.25, -0.2) is 0 Å². The van der Waals surface area contributed by atoms with Gasteiger partial charge in [-0.05, 0) is 31.3 Å². The molecule has 0 radical (unpaired) electrons. The van der Waals surface area contributed by atoms with E-state index in [4.69, 9.17) is 17.0 Å². The zero-order valence-corrected chi connectivity index (χ0v) is 15.4. The highest BCUT2D eigenvalue weighted by atomic mass is 32.1. The fraction of sp³-hybridized carbons (Fsp3) is 0.235. The number of rotatable bonds is 7. The number of anilines is 2. The van der Waals surface area contributed by atoms with Gasteiger partial charge >= 0.3 is 6.18 Å². The molecule has 2 aromatic rings. The predicted molar refractivity (Wildman–Crippen MR) is 102 cm³/mol. The van der Waals surface area contributed by atoms with Gasteiger partial charge in [0.25, 0.3) is 5.69 Å². The number of hydrogen-bond acceptors (Lipinski definition) is 5. The van der Waals surface area contributed by atoms with Gasteiger partial charge in [-0.3, -0.25) is 10.1 Å². The highest BCUT2D eigenvalue weighted by molar-refractivity contribution is 7.80. The number of halogens is 3. The zero-order valence-electron chi connectivity index (χ0n) is 14.6. The molecule has 28 heavy (non-hydrogen) atoms. The van der Waals surface area contributed by atoms with E-state index < -0.39 is 23.4 Å². The molecule has 0 bridgehead atoms. The van der Waals surface area contributed by atoms with Gasteiger partial charge in [0, 0.05) is 12.1 Å². The Morgan fingerprint density at radius 3 is 2.54 bits per heavy atom. The smallest absolute Gasteiger partial charge is 0.422 e. The second kappa shape index (κ2) is 9.22. The second-order valence-corrected chi connectivity index (χ2v) is 5.79. The molecule has 0 aliphatic rings. The van der Waals surface area contributed by atoms with Crippen LogP contribution in [0.4, 0.5) is 30.2 Å². The summed E-state index contributed by atoms with van der Waals surface area (Å²) >= 11 is 5.17. The number of nitrogens with zero attached hydrogens (tertiary/aromatic N) is 1. The Bertz CT molecular complexity index is 862. The summed E-state index contributed by atoms with van der Waals surface area (Å²) in [5, 5.41) is 16.7. The molecular formula is C17H16F3N3O4S. The van der Waals surface area contributed by atoms with E-state index in [1.165, 1.54) is 6.07 Å². The molecule has 0 saturated carbocycles. The lowest BCUT2D eigenvalue weighted by atomic mass is 10.2. The van der Waals surface area contributed by atoms with Gasteiger partial charge in [-0.1, -0.05) is 12.1 Å². The van der Waals surface area contributed by atoms with Gasteiger partial charge in [0.1, 0.15) is 11.5 Å². The first-order chi connectivity index (χ1) is 13.2. The number of nitro benzene ring substituents is 1. The summed E-state index contributed by atoms with van der Waals surface area (Å²) in [5.74, 6) is 0.230. The summed E-state index contributed by atoms with van der Waals surface area (Å²) in [6, 6.07) is 10.2. The van der Waals surface area contributed by atoms with Crippen molar-refractivity contribution in [2.24, 2.45) is 0 Å². The fourth-order valence-electron chi connectivity index (χ4n) is 2.15. The molecule has 0 atom stereocenters. The Labute approximate surface area is 163 Å². The maximum absolute atomic E-state index is 12.3. The summed E-state index contributed by atoms with van der Waals surface area (Å²) in [6.07, 6.45) is -4.57. The van der Waals surface area contributed by atoms with Crippen LogP contribution >= 0.6 is 12.2 Å². The maximum atomic E-state index is 12.3. The summed E-state index contributed by atoms with van der Waals surface area (Å²) in [5.41, 5.74) is 0.207. The van der Waals surface area contributed by atoms with Crippen LogP contribution in [0.25, 0.3) is 0 Å². The quantitative estimate of drug-likeness (QED) is 0.384. The van der Waals surface area contributed by atoms with Crippen molar-refractivity contribution >= 4 is 34.4 Å². The van der Waals surface area contributed by atoms with Crippen molar-refractivity contribution in [2.75, 3.05) is 23.8 Å². The van der Waals surface area contributed by atoms with Gasteiger partial charge < -0.3 is 20.1 Å². The molecule has 0 aliphatic heterocycles. The average Bonchev–Trinajstić information content (AvgIpc) is 2.61. The standard InChI is InChI=1S/C17H16F3N3O4S/c1-2-26-15-6-4-3-5-14(15)22-16(28)21-11-7-12(23(24)25)9-13(8-11)27-10-17(18,19)20/h3-9H,2,10H2,1H3,(H2,21,22,28). The first-order valence-corrected chi connectivity index (χ1v) is 8.37. The summed E-state index contributed by atoms with van der Waals surface area (Å²) in [7, 11) is 0. The molecule has 2 N–H and O–H groups in total. The van der Waals surface area contributed by atoms with Crippen molar-refractivity contribution in [1.29, 1.82) is 0 Å².